The van der Waals surface area contributed by atoms with Crippen LogP contribution in [0, 0.1) is 10.1 Å². The fraction of sp³-hybridized carbons (Fsp3) is 0.235. The summed E-state index contributed by atoms with van der Waals surface area (Å²) < 4.78 is 10.4. The van der Waals surface area contributed by atoms with Gasteiger partial charge in [-0.25, -0.2) is 0 Å². The molecule has 0 bridgehead atoms. The number of carbonyl (C=O) groups is 1. The number of carbonyl (C=O) groups excluding carboxylic acids is 1. The van der Waals surface area contributed by atoms with Crippen molar-refractivity contribution in [1.29, 1.82) is 0 Å². The van der Waals surface area contributed by atoms with E-state index in [0.29, 0.717) is 35.9 Å². The predicted molar refractivity (Wildman–Crippen MR) is 90.2 cm³/mol. The van der Waals surface area contributed by atoms with Gasteiger partial charge in [-0.15, -0.1) is 0 Å². The molecule has 7 nitrogen and oxygen atoms in total. The van der Waals surface area contributed by atoms with E-state index in [0.717, 1.165) is 0 Å². The second kappa shape index (κ2) is 8.07. The van der Waals surface area contributed by atoms with Gasteiger partial charge in [0.2, 0.25) is 0 Å². The van der Waals surface area contributed by atoms with Crippen molar-refractivity contribution in [2.24, 2.45) is 0 Å². The van der Waals surface area contributed by atoms with Crippen LogP contribution in [0.2, 0.25) is 0 Å². The second-order valence-electron chi connectivity index (χ2n) is 5.04. The van der Waals surface area contributed by atoms with Crippen LogP contribution in [0.5, 0.6) is 5.75 Å². The molecule has 0 aliphatic heterocycles. The highest BCUT2D eigenvalue weighted by molar-refractivity contribution is 5.95. The number of methoxy groups -OCH3 is 1. The Morgan fingerprint density at radius 1 is 1.17 bits per heavy atom. The van der Waals surface area contributed by atoms with Crippen molar-refractivity contribution >= 4 is 22.8 Å². The van der Waals surface area contributed by atoms with E-state index in [1.165, 1.54) is 19.1 Å². The fourth-order valence-electron chi connectivity index (χ4n) is 2.04. The molecule has 2 aromatic rings. The molecule has 2 aromatic carbocycles. The number of rotatable bonds is 8. The number of benzene rings is 2. The first kappa shape index (κ1) is 17.4. The maximum atomic E-state index is 11.4. The summed E-state index contributed by atoms with van der Waals surface area (Å²) in [6.45, 7) is 2.31. The van der Waals surface area contributed by atoms with Crippen molar-refractivity contribution in [3.8, 4) is 5.75 Å². The molecular weight excluding hydrogens is 312 g/mol. The zero-order chi connectivity index (χ0) is 17.5. The summed E-state index contributed by atoms with van der Waals surface area (Å²) in [5.74, 6) is 0.459. The van der Waals surface area contributed by atoms with Gasteiger partial charge in [-0.05, 0) is 43.3 Å². The van der Waals surface area contributed by atoms with Crippen molar-refractivity contribution < 1.29 is 19.2 Å². The lowest BCUT2D eigenvalue weighted by molar-refractivity contribution is -0.383. The lowest BCUT2D eigenvalue weighted by Crippen LogP contribution is -2.04. The van der Waals surface area contributed by atoms with Gasteiger partial charge in [-0.3, -0.25) is 14.9 Å². The maximum Gasteiger partial charge on any atom is 0.293 e. The van der Waals surface area contributed by atoms with Gasteiger partial charge in [0.15, 0.2) is 5.78 Å². The van der Waals surface area contributed by atoms with E-state index >= 15 is 0 Å². The van der Waals surface area contributed by atoms with Crippen molar-refractivity contribution in [3.63, 3.8) is 0 Å². The monoisotopic (exact) mass is 330 g/mol. The van der Waals surface area contributed by atoms with E-state index < -0.39 is 4.92 Å². The van der Waals surface area contributed by atoms with Gasteiger partial charge in [0, 0.05) is 24.4 Å². The SMILES string of the molecule is COCCOc1ccc(Nc2ccc(C(C)=O)cc2[N+](=O)[O-])cc1. The van der Waals surface area contributed by atoms with Crippen molar-refractivity contribution in [2.75, 3.05) is 25.6 Å². The molecule has 0 fully saturated rings. The van der Waals surface area contributed by atoms with Crippen LogP contribution >= 0.6 is 0 Å². The molecule has 0 unspecified atom stereocenters. The summed E-state index contributed by atoms with van der Waals surface area (Å²) in [6, 6.07) is 11.4. The van der Waals surface area contributed by atoms with E-state index in [4.69, 9.17) is 9.47 Å². The zero-order valence-corrected chi connectivity index (χ0v) is 13.4. The molecule has 0 heterocycles. The summed E-state index contributed by atoms with van der Waals surface area (Å²) in [4.78, 5) is 22.1. The molecule has 1 N–H and O–H groups in total. The van der Waals surface area contributed by atoms with Gasteiger partial charge < -0.3 is 14.8 Å². The summed E-state index contributed by atoms with van der Waals surface area (Å²) in [6.07, 6.45) is 0. The standard InChI is InChI=1S/C17H18N2O5/c1-12(20)13-3-8-16(17(11-13)19(21)22)18-14-4-6-15(7-5-14)24-10-9-23-2/h3-8,11,18H,9-10H2,1-2H3. The van der Waals surface area contributed by atoms with Gasteiger partial charge in [0.1, 0.15) is 18.0 Å². The Hall–Kier alpha value is -2.93. The van der Waals surface area contributed by atoms with Crippen molar-refractivity contribution in [3.05, 3.63) is 58.1 Å². The molecule has 0 spiro atoms. The van der Waals surface area contributed by atoms with Gasteiger partial charge in [0.25, 0.3) is 5.69 Å². The van der Waals surface area contributed by atoms with E-state index in [2.05, 4.69) is 5.32 Å². The number of hydrogen-bond donors (Lipinski definition) is 1. The van der Waals surface area contributed by atoms with E-state index in [1.54, 1.807) is 37.4 Å². The summed E-state index contributed by atoms with van der Waals surface area (Å²) in [5.41, 5.74) is 1.14. The Bertz CT molecular complexity index is 728. The molecule has 0 saturated heterocycles. The minimum atomic E-state index is -0.517. The van der Waals surface area contributed by atoms with Crippen LogP contribution in [0.4, 0.5) is 17.1 Å². The second-order valence-corrected chi connectivity index (χ2v) is 5.04. The Kier molecular flexibility index (Phi) is 5.86. The lowest BCUT2D eigenvalue weighted by atomic mass is 10.1. The Morgan fingerprint density at radius 3 is 2.46 bits per heavy atom. The number of ketones is 1. The highest BCUT2D eigenvalue weighted by Crippen LogP contribution is 2.29. The summed E-state index contributed by atoms with van der Waals surface area (Å²) >= 11 is 0. The minimum Gasteiger partial charge on any atom is -0.491 e. The average molecular weight is 330 g/mol. The molecule has 0 atom stereocenters. The Labute approximate surface area is 139 Å². The number of ether oxygens (including phenoxy) is 2. The molecule has 0 amide bonds. The number of nitrogens with one attached hydrogen (secondary N) is 1. The third kappa shape index (κ3) is 4.53. The molecule has 0 saturated carbocycles. The topological polar surface area (TPSA) is 90.7 Å². The quantitative estimate of drug-likeness (QED) is 0.344. The molecule has 24 heavy (non-hydrogen) atoms. The number of Topliss-reactive ketones (excluding diaryl/α,β-unsaturated/α-hetero) is 1. The van der Waals surface area contributed by atoms with Gasteiger partial charge in [-0.2, -0.15) is 0 Å². The zero-order valence-electron chi connectivity index (χ0n) is 13.4. The molecule has 126 valence electrons. The van der Waals surface area contributed by atoms with E-state index in [-0.39, 0.29) is 11.5 Å². The summed E-state index contributed by atoms with van der Waals surface area (Å²) in [5, 5.41) is 14.2. The van der Waals surface area contributed by atoms with Crippen LogP contribution in [-0.2, 0) is 4.74 Å². The number of anilines is 2. The molecule has 0 aromatic heterocycles. The highest BCUT2D eigenvalue weighted by atomic mass is 16.6. The largest absolute Gasteiger partial charge is 0.491 e. The van der Waals surface area contributed by atoms with Crippen molar-refractivity contribution in [1.82, 2.24) is 0 Å². The van der Waals surface area contributed by atoms with Crippen LogP contribution < -0.4 is 10.1 Å². The fourth-order valence-corrected chi connectivity index (χ4v) is 2.04. The van der Waals surface area contributed by atoms with E-state index in [1.807, 2.05) is 0 Å². The minimum absolute atomic E-state index is 0.150. The van der Waals surface area contributed by atoms with Crippen LogP contribution in [0.25, 0.3) is 0 Å². The lowest BCUT2D eigenvalue weighted by Gasteiger charge is -2.10. The van der Waals surface area contributed by atoms with E-state index in [9.17, 15) is 14.9 Å². The normalized spacial score (nSPS) is 10.2. The van der Waals surface area contributed by atoms with Gasteiger partial charge in [0.05, 0.1) is 11.5 Å². The number of nitro benzene ring substituents is 1. The Morgan fingerprint density at radius 2 is 1.88 bits per heavy atom. The van der Waals surface area contributed by atoms with Crippen LogP contribution in [-0.4, -0.2) is 31.0 Å². The predicted octanol–water partition coefficient (Wildman–Crippen LogP) is 3.57. The smallest absolute Gasteiger partial charge is 0.293 e. The first-order chi connectivity index (χ1) is 11.5. The third-order valence-electron chi connectivity index (χ3n) is 3.29. The number of nitro groups is 1. The van der Waals surface area contributed by atoms with Crippen molar-refractivity contribution in [2.45, 2.75) is 6.92 Å². The van der Waals surface area contributed by atoms with Crippen LogP contribution in [0.3, 0.4) is 0 Å². The van der Waals surface area contributed by atoms with Gasteiger partial charge >= 0.3 is 0 Å². The third-order valence-corrected chi connectivity index (χ3v) is 3.29. The number of hydrogen-bond acceptors (Lipinski definition) is 6. The highest BCUT2D eigenvalue weighted by Gasteiger charge is 2.16. The molecule has 7 heteroatoms. The van der Waals surface area contributed by atoms with Crippen LogP contribution in [0.15, 0.2) is 42.5 Å². The molecular formula is C17H18N2O5. The molecule has 0 radical (unpaired) electrons. The molecule has 0 aliphatic carbocycles. The summed E-state index contributed by atoms with van der Waals surface area (Å²) in [7, 11) is 1.60. The number of nitrogens with zero attached hydrogens (tertiary/aromatic N) is 1. The molecule has 0 aliphatic rings. The average Bonchev–Trinajstić information content (AvgIpc) is 2.56. The first-order valence-electron chi connectivity index (χ1n) is 7.29. The van der Waals surface area contributed by atoms with Gasteiger partial charge in [-0.1, -0.05) is 0 Å². The maximum absolute atomic E-state index is 11.4. The molecule has 2 rings (SSSR count). The van der Waals surface area contributed by atoms with Crippen LogP contribution in [0.1, 0.15) is 17.3 Å². The first-order valence-corrected chi connectivity index (χ1v) is 7.29. The Balaban J connectivity index is 2.15.